The molecule has 1 rings (SSSR count). The van der Waals surface area contributed by atoms with Gasteiger partial charge in [0.05, 0.1) is 23.8 Å². The molecule has 0 amide bonds. The van der Waals surface area contributed by atoms with Crippen molar-refractivity contribution >= 4 is 5.97 Å². The van der Waals surface area contributed by atoms with Crippen LogP contribution in [-0.4, -0.2) is 18.2 Å². The number of nitriles is 1. The monoisotopic (exact) mass is 245 g/mol. The van der Waals surface area contributed by atoms with E-state index in [9.17, 15) is 18.0 Å². The van der Waals surface area contributed by atoms with E-state index in [-0.39, 0.29) is 0 Å². The molecule has 0 fully saturated rings. The summed E-state index contributed by atoms with van der Waals surface area (Å²) in [5, 5.41) is 17.7. The molecule has 90 valence electrons. The quantitative estimate of drug-likeness (QED) is 0.769. The van der Waals surface area contributed by atoms with E-state index in [1.165, 1.54) is 6.07 Å². The lowest BCUT2D eigenvalue weighted by Gasteiger charge is -2.12. The third kappa shape index (κ3) is 2.47. The topological polar surface area (TPSA) is 70.3 Å². The number of phenolic OH excluding ortho intramolecular Hbond substituents is 1. The molecule has 0 saturated heterocycles. The molecule has 0 aliphatic heterocycles. The van der Waals surface area contributed by atoms with Crippen molar-refractivity contribution < 1.29 is 27.8 Å². The lowest BCUT2D eigenvalue weighted by atomic mass is 10.0. The molecule has 0 saturated carbocycles. The van der Waals surface area contributed by atoms with Gasteiger partial charge in [-0.2, -0.15) is 18.4 Å². The van der Waals surface area contributed by atoms with Crippen LogP contribution in [0.4, 0.5) is 13.2 Å². The van der Waals surface area contributed by atoms with Gasteiger partial charge in [-0.05, 0) is 12.1 Å². The van der Waals surface area contributed by atoms with Crippen LogP contribution in [0.5, 0.6) is 5.75 Å². The van der Waals surface area contributed by atoms with E-state index in [2.05, 4.69) is 4.74 Å². The Hall–Kier alpha value is -2.23. The van der Waals surface area contributed by atoms with Gasteiger partial charge in [-0.1, -0.05) is 0 Å². The van der Waals surface area contributed by atoms with Crippen LogP contribution in [0.3, 0.4) is 0 Å². The van der Waals surface area contributed by atoms with E-state index >= 15 is 0 Å². The summed E-state index contributed by atoms with van der Waals surface area (Å²) in [6.07, 6.45) is -4.82. The predicted molar refractivity (Wildman–Crippen MR) is 49.2 cm³/mol. The Morgan fingerprint density at radius 3 is 2.47 bits per heavy atom. The third-order valence-corrected chi connectivity index (χ3v) is 1.97. The zero-order valence-electron chi connectivity index (χ0n) is 8.50. The van der Waals surface area contributed by atoms with Gasteiger partial charge in [0.25, 0.3) is 0 Å². The smallest absolute Gasteiger partial charge is 0.417 e. The molecule has 0 aromatic heterocycles. The standard InChI is InChI=1S/C10H6F3NO3/c1-17-9(16)6-2-5(4-14)8(15)3-7(6)10(11,12)13/h2-3,15H,1H3. The molecule has 1 N–H and O–H groups in total. The predicted octanol–water partition coefficient (Wildman–Crippen LogP) is 2.07. The first kappa shape index (κ1) is 12.8. The van der Waals surface area contributed by atoms with Crippen molar-refractivity contribution in [1.82, 2.24) is 0 Å². The minimum absolute atomic E-state index is 0.324. The van der Waals surface area contributed by atoms with Gasteiger partial charge in [0.1, 0.15) is 11.8 Å². The first-order valence-electron chi connectivity index (χ1n) is 4.24. The summed E-state index contributed by atoms with van der Waals surface area (Å²) in [5.74, 6) is -2.07. The maximum atomic E-state index is 12.6. The van der Waals surface area contributed by atoms with Crippen LogP contribution in [0, 0.1) is 11.3 Å². The van der Waals surface area contributed by atoms with Crippen LogP contribution in [0.2, 0.25) is 0 Å². The first-order valence-corrected chi connectivity index (χ1v) is 4.24. The van der Waals surface area contributed by atoms with Gasteiger partial charge in [-0.25, -0.2) is 4.79 Å². The number of nitrogens with zero attached hydrogens (tertiary/aromatic N) is 1. The van der Waals surface area contributed by atoms with E-state index in [1.54, 1.807) is 0 Å². The summed E-state index contributed by atoms with van der Waals surface area (Å²) < 4.78 is 41.9. The Morgan fingerprint density at radius 1 is 1.47 bits per heavy atom. The van der Waals surface area contributed by atoms with E-state index in [0.717, 1.165) is 7.11 Å². The normalized spacial score (nSPS) is 10.8. The molecule has 0 aliphatic carbocycles. The number of alkyl halides is 3. The number of carbonyl (C=O) groups excluding carboxylic acids is 1. The van der Waals surface area contributed by atoms with Crippen molar-refractivity contribution in [3.05, 3.63) is 28.8 Å². The van der Waals surface area contributed by atoms with E-state index in [4.69, 9.17) is 10.4 Å². The number of hydrogen-bond donors (Lipinski definition) is 1. The highest BCUT2D eigenvalue weighted by atomic mass is 19.4. The molecule has 0 atom stereocenters. The van der Waals surface area contributed by atoms with Crippen LogP contribution < -0.4 is 0 Å². The number of ether oxygens (including phenoxy) is 1. The highest BCUT2D eigenvalue weighted by molar-refractivity contribution is 5.92. The van der Waals surface area contributed by atoms with Crippen molar-refractivity contribution in [3.63, 3.8) is 0 Å². The second-order valence-electron chi connectivity index (χ2n) is 3.02. The molecule has 1 aromatic rings. The van der Waals surface area contributed by atoms with Gasteiger partial charge in [-0.15, -0.1) is 0 Å². The summed E-state index contributed by atoms with van der Waals surface area (Å²) in [7, 11) is 0.918. The Morgan fingerprint density at radius 2 is 2.06 bits per heavy atom. The van der Waals surface area contributed by atoms with Crippen LogP contribution in [-0.2, 0) is 10.9 Å². The summed E-state index contributed by atoms with van der Waals surface area (Å²) >= 11 is 0. The molecule has 0 heterocycles. The maximum Gasteiger partial charge on any atom is 0.417 e. The van der Waals surface area contributed by atoms with Crippen molar-refractivity contribution in [1.29, 1.82) is 5.26 Å². The Labute approximate surface area is 93.8 Å². The van der Waals surface area contributed by atoms with Gasteiger partial charge < -0.3 is 9.84 Å². The van der Waals surface area contributed by atoms with Gasteiger partial charge in [0.2, 0.25) is 0 Å². The lowest BCUT2D eigenvalue weighted by molar-refractivity contribution is -0.138. The van der Waals surface area contributed by atoms with Crippen molar-refractivity contribution in [2.45, 2.75) is 6.18 Å². The average molecular weight is 245 g/mol. The molecule has 0 aliphatic rings. The summed E-state index contributed by atoms with van der Waals surface area (Å²) in [6.45, 7) is 0. The number of phenols is 1. The van der Waals surface area contributed by atoms with Crippen LogP contribution >= 0.6 is 0 Å². The molecular weight excluding hydrogens is 239 g/mol. The highest BCUT2D eigenvalue weighted by Crippen LogP contribution is 2.35. The number of rotatable bonds is 1. The van der Waals surface area contributed by atoms with Crippen molar-refractivity contribution in [2.24, 2.45) is 0 Å². The fraction of sp³-hybridized carbons (Fsp3) is 0.200. The van der Waals surface area contributed by atoms with Gasteiger partial charge in [-0.3, -0.25) is 0 Å². The van der Waals surface area contributed by atoms with Gasteiger partial charge in [0, 0.05) is 0 Å². The number of aromatic hydroxyl groups is 1. The SMILES string of the molecule is COC(=O)c1cc(C#N)c(O)cc1C(F)(F)F. The largest absolute Gasteiger partial charge is 0.507 e. The van der Waals surface area contributed by atoms with E-state index in [1.807, 2.05) is 0 Å². The number of esters is 1. The van der Waals surface area contributed by atoms with Crippen molar-refractivity contribution in [2.75, 3.05) is 7.11 Å². The Bertz CT molecular complexity index is 503. The first-order chi connectivity index (χ1) is 7.81. The zero-order valence-corrected chi connectivity index (χ0v) is 8.50. The third-order valence-electron chi connectivity index (χ3n) is 1.97. The second-order valence-corrected chi connectivity index (χ2v) is 3.02. The number of halogens is 3. The maximum absolute atomic E-state index is 12.6. The Balaban J connectivity index is 3.54. The lowest BCUT2D eigenvalue weighted by Crippen LogP contribution is -2.14. The fourth-order valence-electron chi connectivity index (χ4n) is 1.19. The zero-order chi connectivity index (χ0) is 13.2. The summed E-state index contributed by atoms with van der Waals surface area (Å²) in [4.78, 5) is 11.1. The molecule has 0 spiro atoms. The van der Waals surface area contributed by atoms with Crippen LogP contribution in [0.25, 0.3) is 0 Å². The summed E-state index contributed by atoms with van der Waals surface area (Å²) in [5.41, 5.74) is -2.59. The second kappa shape index (κ2) is 4.33. The molecule has 0 bridgehead atoms. The minimum Gasteiger partial charge on any atom is -0.507 e. The molecule has 0 unspecified atom stereocenters. The molecule has 0 radical (unpaired) electrons. The summed E-state index contributed by atoms with van der Waals surface area (Å²) in [6, 6.07) is 2.44. The molecule has 7 heteroatoms. The molecular formula is C10H6F3NO3. The van der Waals surface area contributed by atoms with E-state index < -0.39 is 34.6 Å². The average Bonchev–Trinajstić information content (AvgIpc) is 2.26. The van der Waals surface area contributed by atoms with Crippen molar-refractivity contribution in [3.8, 4) is 11.8 Å². The molecule has 17 heavy (non-hydrogen) atoms. The number of benzene rings is 1. The van der Waals surface area contributed by atoms with Crippen LogP contribution in [0.1, 0.15) is 21.5 Å². The van der Waals surface area contributed by atoms with Gasteiger partial charge in [0.15, 0.2) is 0 Å². The minimum atomic E-state index is -4.82. The number of hydrogen-bond acceptors (Lipinski definition) is 4. The number of carbonyl (C=O) groups is 1. The van der Waals surface area contributed by atoms with Crippen LogP contribution in [0.15, 0.2) is 12.1 Å². The van der Waals surface area contributed by atoms with E-state index in [0.29, 0.717) is 12.1 Å². The number of methoxy groups -OCH3 is 1. The highest BCUT2D eigenvalue weighted by Gasteiger charge is 2.36. The molecule has 1 aromatic carbocycles. The Kier molecular flexibility index (Phi) is 3.27. The fourth-order valence-corrected chi connectivity index (χ4v) is 1.19. The van der Waals surface area contributed by atoms with Gasteiger partial charge >= 0.3 is 12.1 Å². The molecule has 4 nitrogen and oxygen atoms in total.